The molecule has 0 atom stereocenters. The van der Waals surface area contributed by atoms with Crippen LogP contribution in [-0.4, -0.2) is 100 Å². The van der Waals surface area contributed by atoms with Crippen LogP contribution >= 0.6 is 0 Å². The van der Waals surface area contributed by atoms with E-state index >= 15 is 0 Å². The molecule has 12 nitrogen and oxygen atoms in total. The highest BCUT2D eigenvalue weighted by atomic mass is 32.2. The third-order valence-corrected chi connectivity index (χ3v) is 7.43. The Morgan fingerprint density at radius 2 is 1.73 bits per heavy atom. The van der Waals surface area contributed by atoms with Gasteiger partial charge < -0.3 is 24.0 Å². The fraction of sp³-hybridized carbons (Fsp3) is 0.500. The average molecular weight is 479 g/mol. The molecule has 0 N–H and O–H groups in total. The van der Waals surface area contributed by atoms with E-state index in [9.17, 15) is 13.2 Å². The molecule has 13 heteroatoms. The molecule has 0 spiro atoms. The maximum absolute atomic E-state index is 13.5. The molecule has 2 aromatic heterocycles. The van der Waals surface area contributed by atoms with Crippen LogP contribution in [0.1, 0.15) is 10.4 Å². The number of piperazine rings is 1. The van der Waals surface area contributed by atoms with Crippen molar-refractivity contribution < 1.29 is 27.4 Å². The summed E-state index contributed by atoms with van der Waals surface area (Å²) in [6.07, 6.45) is 2.98. The smallest absolute Gasteiger partial charge is 0.339 e. The maximum atomic E-state index is 13.5. The van der Waals surface area contributed by atoms with Gasteiger partial charge in [-0.2, -0.15) is 9.29 Å². The van der Waals surface area contributed by atoms with Crippen molar-refractivity contribution in [2.45, 2.75) is 4.90 Å². The molecule has 0 unspecified atom stereocenters. The summed E-state index contributed by atoms with van der Waals surface area (Å²) < 4.78 is 43.5. The Labute approximate surface area is 192 Å². The highest BCUT2D eigenvalue weighted by Crippen LogP contribution is 2.29. The third-order valence-electron chi connectivity index (χ3n) is 5.53. The second-order valence-corrected chi connectivity index (χ2v) is 9.33. The molecule has 2 aliphatic rings. The Kier molecular flexibility index (Phi) is 6.91. The lowest BCUT2D eigenvalue weighted by molar-refractivity contribution is 0.0599. The summed E-state index contributed by atoms with van der Waals surface area (Å²) in [5, 5.41) is 0. The third kappa shape index (κ3) is 4.84. The predicted octanol–water partition coefficient (Wildman–Crippen LogP) is 0.0143. The maximum Gasteiger partial charge on any atom is 0.339 e. The minimum absolute atomic E-state index is 0.0154. The lowest BCUT2D eigenvalue weighted by atomic mass is 10.2. The van der Waals surface area contributed by atoms with Gasteiger partial charge >= 0.3 is 5.97 Å². The summed E-state index contributed by atoms with van der Waals surface area (Å²) in [5.41, 5.74) is 0.0801. The number of morpholine rings is 1. The van der Waals surface area contributed by atoms with Crippen LogP contribution in [0.4, 0.5) is 11.8 Å². The molecule has 0 saturated carbocycles. The molecule has 0 radical (unpaired) electrons. The van der Waals surface area contributed by atoms with E-state index in [1.807, 2.05) is 9.80 Å². The van der Waals surface area contributed by atoms with Crippen LogP contribution in [0.5, 0.6) is 5.88 Å². The molecule has 178 valence electrons. The molecular formula is C20H26N6O6S. The monoisotopic (exact) mass is 478 g/mol. The number of nitrogens with zero attached hydrogens (tertiary/aromatic N) is 6. The first-order chi connectivity index (χ1) is 15.9. The molecule has 0 aromatic carbocycles. The van der Waals surface area contributed by atoms with Crippen LogP contribution in [0.25, 0.3) is 0 Å². The Bertz CT molecular complexity index is 1100. The zero-order valence-electron chi connectivity index (χ0n) is 18.5. The second-order valence-electron chi connectivity index (χ2n) is 7.43. The molecule has 2 aliphatic heterocycles. The normalized spacial score (nSPS) is 17.6. The summed E-state index contributed by atoms with van der Waals surface area (Å²) >= 11 is 0. The van der Waals surface area contributed by atoms with Gasteiger partial charge in [-0.15, -0.1) is 0 Å². The van der Waals surface area contributed by atoms with E-state index in [0.29, 0.717) is 57.0 Å². The highest BCUT2D eigenvalue weighted by Gasteiger charge is 2.33. The quantitative estimate of drug-likeness (QED) is 0.521. The van der Waals surface area contributed by atoms with Crippen LogP contribution in [0, 0.1) is 0 Å². The van der Waals surface area contributed by atoms with Gasteiger partial charge in [0.15, 0.2) is 0 Å². The first-order valence-corrected chi connectivity index (χ1v) is 11.9. The molecule has 2 fully saturated rings. The Morgan fingerprint density at radius 1 is 1.03 bits per heavy atom. The number of aromatic nitrogens is 3. The Balaban J connectivity index is 1.61. The number of methoxy groups -OCH3 is 2. The van der Waals surface area contributed by atoms with Crippen molar-refractivity contribution in [3.8, 4) is 5.88 Å². The second kappa shape index (κ2) is 9.85. The number of esters is 1. The van der Waals surface area contributed by atoms with E-state index in [1.54, 1.807) is 19.4 Å². The number of anilines is 2. The molecule has 4 heterocycles. The number of carbonyl (C=O) groups excluding carboxylic acids is 1. The molecule has 0 bridgehead atoms. The number of hydrogen-bond donors (Lipinski definition) is 0. The molecule has 2 saturated heterocycles. The molecule has 0 amide bonds. The van der Waals surface area contributed by atoms with Gasteiger partial charge in [0, 0.05) is 57.7 Å². The topological polar surface area (TPSA) is 127 Å². The summed E-state index contributed by atoms with van der Waals surface area (Å²) in [6.45, 7) is 3.23. The Hall–Kier alpha value is -3.03. The number of sulfonamides is 1. The standard InChI is InChI=1S/C20H26N6O6S/c1-30-17-3-4-21-20(23-17)25-7-5-24(6-8-25)18-16(13-15(14-22-18)19(27)31-2)33(28,29)26-9-11-32-12-10-26/h3-4,13-14H,5-12H2,1-2H3. The minimum Gasteiger partial charge on any atom is -0.481 e. The summed E-state index contributed by atoms with van der Waals surface area (Å²) in [4.78, 5) is 29.0. The SMILES string of the molecule is COC(=O)c1cnc(N2CCN(c3nccc(OC)n3)CC2)c(S(=O)(=O)N2CCOCC2)c1. The molecule has 4 rings (SSSR count). The van der Waals surface area contributed by atoms with Crippen LogP contribution in [-0.2, 0) is 19.5 Å². The number of rotatable bonds is 6. The van der Waals surface area contributed by atoms with Crippen molar-refractivity contribution in [2.24, 2.45) is 0 Å². The fourth-order valence-corrected chi connectivity index (χ4v) is 5.33. The lowest BCUT2D eigenvalue weighted by Gasteiger charge is -2.36. The van der Waals surface area contributed by atoms with E-state index in [2.05, 4.69) is 15.0 Å². The van der Waals surface area contributed by atoms with Gasteiger partial charge in [0.05, 0.1) is 33.0 Å². The van der Waals surface area contributed by atoms with Crippen LogP contribution in [0.3, 0.4) is 0 Å². The van der Waals surface area contributed by atoms with E-state index in [4.69, 9.17) is 14.2 Å². The van der Waals surface area contributed by atoms with Gasteiger partial charge in [0.25, 0.3) is 0 Å². The zero-order chi connectivity index (χ0) is 23.4. The average Bonchev–Trinajstić information content (AvgIpc) is 2.88. The van der Waals surface area contributed by atoms with Gasteiger partial charge in [-0.3, -0.25) is 0 Å². The van der Waals surface area contributed by atoms with Gasteiger partial charge in [0.1, 0.15) is 10.7 Å². The molecular weight excluding hydrogens is 452 g/mol. The molecule has 2 aromatic rings. The van der Waals surface area contributed by atoms with E-state index in [0.717, 1.165) is 0 Å². The number of hydrogen-bond acceptors (Lipinski definition) is 11. The van der Waals surface area contributed by atoms with Gasteiger partial charge in [-0.05, 0) is 6.07 Å². The van der Waals surface area contributed by atoms with Crippen LogP contribution in [0.2, 0.25) is 0 Å². The van der Waals surface area contributed by atoms with Crippen molar-refractivity contribution in [3.05, 3.63) is 30.1 Å². The summed E-state index contributed by atoms with van der Waals surface area (Å²) in [7, 11) is -1.11. The van der Waals surface area contributed by atoms with Crippen molar-refractivity contribution in [1.82, 2.24) is 19.3 Å². The first kappa shape index (κ1) is 23.1. The largest absolute Gasteiger partial charge is 0.481 e. The molecule has 0 aliphatic carbocycles. The fourth-order valence-electron chi connectivity index (χ4n) is 3.74. The van der Waals surface area contributed by atoms with Crippen molar-refractivity contribution >= 4 is 27.8 Å². The van der Waals surface area contributed by atoms with Gasteiger partial charge in [-0.1, -0.05) is 0 Å². The lowest BCUT2D eigenvalue weighted by Crippen LogP contribution is -2.48. The van der Waals surface area contributed by atoms with E-state index in [-0.39, 0.29) is 23.5 Å². The zero-order valence-corrected chi connectivity index (χ0v) is 19.3. The summed E-state index contributed by atoms with van der Waals surface area (Å²) in [6, 6.07) is 3.02. The van der Waals surface area contributed by atoms with Crippen LogP contribution in [0.15, 0.2) is 29.4 Å². The van der Waals surface area contributed by atoms with Crippen molar-refractivity contribution in [2.75, 3.05) is 76.5 Å². The number of carbonyl (C=O) groups is 1. The highest BCUT2D eigenvalue weighted by molar-refractivity contribution is 7.89. The van der Waals surface area contributed by atoms with Gasteiger partial charge in [-0.25, -0.2) is 23.2 Å². The van der Waals surface area contributed by atoms with Gasteiger partial charge in [0.2, 0.25) is 21.9 Å². The van der Waals surface area contributed by atoms with E-state index < -0.39 is 16.0 Å². The minimum atomic E-state index is -3.89. The first-order valence-electron chi connectivity index (χ1n) is 10.5. The predicted molar refractivity (Wildman–Crippen MR) is 118 cm³/mol. The number of ether oxygens (including phenoxy) is 3. The number of pyridine rings is 1. The van der Waals surface area contributed by atoms with Crippen molar-refractivity contribution in [1.29, 1.82) is 0 Å². The van der Waals surface area contributed by atoms with Crippen molar-refractivity contribution in [3.63, 3.8) is 0 Å². The summed E-state index contributed by atoms with van der Waals surface area (Å²) in [5.74, 6) is 0.679. The molecule has 33 heavy (non-hydrogen) atoms. The van der Waals surface area contributed by atoms with Crippen LogP contribution < -0.4 is 14.5 Å². The van der Waals surface area contributed by atoms with E-state index in [1.165, 1.54) is 23.7 Å². The Morgan fingerprint density at radius 3 is 2.39 bits per heavy atom.